The number of halogens is 1. The van der Waals surface area contributed by atoms with Gasteiger partial charge in [-0.05, 0) is 42.0 Å². The second kappa shape index (κ2) is 5.61. The number of aliphatic hydroxyl groups is 1. The molecule has 0 saturated heterocycles. The van der Waals surface area contributed by atoms with E-state index in [2.05, 4.69) is 4.72 Å². The Bertz CT molecular complexity index is 669. The van der Waals surface area contributed by atoms with Crippen LogP contribution in [0.3, 0.4) is 0 Å². The Balaban J connectivity index is 2.29. The van der Waals surface area contributed by atoms with Crippen LogP contribution in [0.25, 0.3) is 0 Å². The van der Waals surface area contributed by atoms with Gasteiger partial charge in [-0.15, -0.1) is 0 Å². The zero-order chi connectivity index (χ0) is 13.9. The van der Waals surface area contributed by atoms with Crippen molar-refractivity contribution in [2.24, 2.45) is 0 Å². The molecule has 0 bridgehead atoms. The maximum Gasteiger partial charge on any atom is 0.261 e. The molecule has 0 spiro atoms. The van der Waals surface area contributed by atoms with E-state index in [0.29, 0.717) is 16.3 Å². The van der Waals surface area contributed by atoms with E-state index in [1.165, 1.54) is 12.1 Å². The predicted octanol–water partition coefficient (Wildman–Crippen LogP) is 2.63. The van der Waals surface area contributed by atoms with Crippen molar-refractivity contribution in [1.82, 2.24) is 0 Å². The van der Waals surface area contributed by atoms with Crippen LogP contribution in [0, 0.1) is 0 Å². The zero-order valence-electron chi connectivity index (χ0n) is 9.88. The molecule has 6 heteroatoms. The van der Waals surface area contributed by atoms with Crippen molar-refractivity contribution >= 4 is 27.3 Å². The monoisotopic (exact) mass is 297 g/mol. The number of anilines is 1. The van der Waals surface area contributed by atoms with Gasteiger partial charge in [-0.25, -0.2) is 8.42 Å². The highest BCUT2D eigenvalue weighted by Crippen LogP contribution is 2.19. The predicted molar refractivity (Wildman–Crippen MR) is 74.6 cm³/mol. The minimum atomic E-state index is -3.66. The van der Waals surface area contributed by atoms with Gasteiger partial charge in [0.05, 0.1) is 11.5 Å². The molecule has 2 rings (SSSR count). The van der Waals surface area contributed by atoms with Gasteiger partial charge in [-0.3, -0.25) is 4.72 Å². The Labute approximate surface area is 116 Å². The SMILES string of the molecule is O=S(=O)(Nc1ccc(Cl)cc1)c1cccc(CO)c1. The van der Waals surface area contributed by atoms with Gasteiger partial charge in [0.15, 0.2) is 0 Å². The van der Waals surface area contributed by atoms with Crippen molar-refractivity contribution in [3.8, 4) is 0 Å². The van der Waals surface area contributed by atoms with Crippen LogP contribution in [0.15, 0.2) is 53.4 Å². The number of hydrogen-bond acceptors (Lipinski definition) is 3. The molecule has 4 nitrogen and oxygen atoms in total. The highest BCUT2D eigenvalue weighted by Gasteiger charge is 2.14. The molecule has 0 aromatic heterocycles. The number of rotatable bonds is 4. The van der Waals surface area contributed by atoms with E-state index in [0.717, 1.165) is 0 Å². The first kappa shape index (κ1) is 13.9. The fraction of sp³-hybridized carbons (Fsp3) is 0.0769. The van der Waals surface area contributed by atoms with Gasteiger partial charge in [0, 0.05) is 10.7 Å². The van der Waals surface area contributed by atoms with Crippen molar-refractivity contribution in [2.75, 3.05) is 4.72 Å². The Morgan fingerprint density at radius 3 is 2.42 bits per heavy atom. The fourth-order valence-corrected chi connectivity index (χ4v) is 2.80. The third-order valence-corrected chi connectivity index (χ3v) is 4.12. The van der Waals surface area contributed by atoms with Gasteiger partial charge in [-0.2, -0.15) is 0 Å². The number of benzene rings is 2. The van der Waals surface area contributed by atoms with Crippen LogP contribution in [-0.4, -0.2) is 13.5 Å². The van der Waals surface area contributed by atoms with Crippen LogP contribution in [0.1, 0.15) is 5.56 Å². The van der Waals surface area contributed by atoms with Gasteiger partial charge < -0.3 is 5.11 Å². The summed E-state index contributed by atoms with van der Waals surface area (Å²) in [4.78, 5) is 0.106. The van der Waals surface area contributed by atoms with Gasteiger partial charge >= 0.3 is 0 Å². The summed E-state index contributed by atoms with van der Waals surface area (Å²) in [6.07, 6.45) is 0. The Kier molecular flexibility index (Phi) is 4.09. The first-order valence-corrected chi connectivity index (χ1v) is 7.35. The molecule has 2 aromatic rings. The molecule has 2 N–H and O–H groups in total. The number of aliphatic hydroxyl groups excluding tert-OH is 1. The molecule has 0 radical (unpaired) electrons. The van der Waals surface area contributed by atoms with E-state index in [-0.39, 0.29) is 11.5 Å². The van der Waals surface area contributed by atoms with Crippen LogP contribution in [0.5, 0.6) is 0 Å². The second-order valence-electron chi connectivity index (χ2n) is 3.92. The lowest BCUT2D eigenvalue weighted by atomic mass is 10.2. The molecule has 0 heterocycles. The maximum absolute atomic E-state index is 12.1. The average Bonchev–Trinajstić information content (AvgIpc) is 2.41. The smallest absolute Gasteiger partial charge is 0.261 e. The van der Waals surface area contributed by atoms with Crippen LogP contribution < -0.4 is 4.72 Å². The Morgan fingerprint density at radius 1 is 1.11 bits per heavy atom. The Morgan fingerprint density at radius 2 is 1.79 bits per heavy atom. The summed E-state index contributed by atoms with van der Waals surface area (Å²) < 4.78 is 26.7. The molecule has 0 aliphatic heterocycles. The van der Waals surface area contributed by atoms with Crippen molar-refractivity contribution in [1.29, 1.82) is 0 Å². The minimum Gasteiger partial charge on any atom is -0.392 e. The highest BCUT2D eigenvalue weighted by molar-refractivity contribution is 7.92. The summed E-state index contributed by atoms with van der Waals surface area (Å²) in [5.41, 5.74) is 0.970. The summed E-state index contributed by atoms with van der Waals surface area (Å²) in [5, 5.41) is 9.55. The Hall–Kier alpha value is -1.56. The van der Waals surface area contributed by atoms with Gasteiger partial charge in [0.25, 0.3) is 10.0 Å². The summed E-state index contributed by atoms with van der Waals surface area (Å²) >= 11 is 5.73. The van der Waals surface area contributed by atoms with Gasteiger partial charge in [0.1, 0.15) is 0 Å². The van der Waals surface area contributed by atoms with Crippen molar-refractivity contribution in [3.63, 3.8) is 0 Å². The molecule has 0 aliphatic rings. The zero-order valence-corrected chi connectivity index (χ0v) is 11.4. The van der Waals surface area contributed by atoms with Gasteiger partial charge in [0.2, 0.25) is 0 Å². The lowest BCUT2D eigenvalue weighted by Gasteiger charge is -2.09. The molecule has 0 atom stereocenters. The quantitative estimate of drug-likeness (QED) is 0.911. The largest absolute Gasteiger partial charge is 0.392 e. The van der Waals surface area contributed by atoms with Gasteiger partial charge in [-0.1, -0.05) is 23.7 Å². The fourth-order valence-electron chi connectivity index (χ4n) is 1.54. The number of nitrogens with one attached hydrogen (secondary N) is 1. The number of hydrogen-bond donors (Lipinski definition) is 2. The lowest BCUT2D eigenvalue weighted by molar-refractivity contribution is 0.281. The molecule has 0 saturated carbocycles. The average molecular weight is 298 g/mol. The first-order valence-electron chi connectivity index (χ1n) is 5.49. The molecular formula is C13H12ClNO3S. The molecule has 2 aromatic carbocycles. The van der Waals surface area contributed by atoms with Crippen LogP contribution in [-0.2, 0) is 16.6 Å². The van der Waals surface area contributed by atoms with E-state index in [9.17, 15) is 8.42 Å². The van der Waals surface area contributed by atoms with Crippen molar-refractivity contribution in [2.45, 2.75) is 11.5 Å². The van der Waals surface area contributed by atoms with E-state index < -0.39 is 10.0 Å². The lowest BCUT2D eigenvalue weighted by Crippen LogP contribution is -2.13. The van der Waals surface area contributed by atoms with Crippen molar-refractivity contribution < 1.29 is 13.5 Å². The molecule has 0 fully saturated rings. The molecular weight excluding hydrogens is 286 g/mol. The summed E-state index contributed by atoms with van der Waals surface area (Å²) in [7, 11) is -3.66. The van der Waals surface area contributed by atoms with E-state index in [1.807, 2.05) is 0 Å². The van der Waals surface area contributed by atoms with Crippen molar-refractivity contribution in [3.05, 3.63) is 59.1 Å². The highest BCUT2D eigenvalue weighted by atomic mass is 35.5. The molecule has 0 amide bonds. The second-order valence-corrected chi connectivity index (χ2v) is 6.04. The summed E-state index contributed by atoms with van der Waals surface area (Å²) in [5.74, 6) is 0. The molecule has 0 unspecified atom stereocenters. The van der Waals surface area contributed by atoms with Crippen LogP contribution in [0.4, 0.5) is 5.69 Å². The molecule has 100 valence electrons. The standard InChI is InChI=1S/C13H12ClNO3S/c14-11-4-6-12(7-5-11)15-19(17,18)13-3-1-2-10(8-13)9-16/h1-8,15-16H,9H2. The van der Waals surface area contributed by atoms with E-state index in [1.54, 1.807) is 36.4 Å². The maximum atomic E-state index is 12.1. The third kappa shape index (κ3) is 3.47. The normalized spacial score (nSPS) is 11.3. The summed E-state index contributed by atoms with van der Waals surface area (Å²) in [6.45, 7) is -0.204. The third-order valence-electron chi connectivity index (χ3n) is 2.49. The number of sulfonamides is 1. The molecule has 0 aliphatic carbocycles. The van der Waals surface area contributed by atoms with Crippen LogP contribution in [0.2, 0.25) is 5.02 Å². The van der Waals surface area contributed by atoms with E-state index >= 15 is 0 Å². The molecule has 19 heavy (non-hydrogen) atoms. The summed E-state index contributed by atoms with van der Waals surface area (Å²) in [6, 6.07) is 12.5. The minimum absolute atomic E-state index is 0.106. The van der Waals surface area contributed by atoms with Crippen LogP contribution >= 0.6 is 11.6 Å². The first-order chi connectivity index (χ1) is 9.01. The van der Waals surface area contributed by atoms with E-state index in [4.69, 9.17) is 16.7 Å². The topological polar surface area (TPSA) is 66.4 Å².